The fourth-order valence-electron chi connectivity index (χ4n) is 8.57. The largest absolute Gasteiger partial charge is 0.494 e. The number of benzene rings is 1. The fraction of sp³-hybridized carbons (Fsp3) is 0.800. The zero-order chi connectivity index (χ0) is 24.0. The minimum absolute atomic E-state index is 0.437. The van der Waals surface area contributed by atoms with Crippen LogP contribution in [0.15, 0.2) is 24.3 Å². The number of ether oxygens (including phenoxy) is 3. The Bertz CT molecular complexity index is 871. The lowest BCUT2D eigenvalue weighted by Gasteiger charge is -2.57. The second-order valence-electron chi connectivity index (χ2n) is 12.6. The van der Waals surface area contributed by atoms with Gasteiger partial charge in [0.2, 0.25) is 11.6 Å². The first-order valence-electron chi connectivity index (χ1n) is 14.8. The van der Waals surface area contributed by atoms with Crippen LogP contribution in [0, 0.1) is 23.7 Å². The van der Waals surface area contributed by atoms with Crippen molar-refractivity contribution in [3.05, 3.63) is 29.8 Å². The van der Waals surface area contributed by atoms with Gasteiger partial charge in [-0.3, -0.25) is 0 Å². The van der Waals surface area contributed by atoms with E-state index in [1.54, 1.807) is 0 Å². The molecule has 5 saturated carbocycles. The summed E-state index contributed by atoms with van der Waals surface area (Å²) < 4.78 is 18.4. The molecule has 6 heteroatoms. The Balaban J connectivity index is 0.922. The third-order valence-corrected chi connectivity index (χ3v) is 10.2. The Morgan fingerprint density at radius 3 is 2.39 bits per heavy atom. The van der Waals surface area contributed by atoms with Gasteiger partial charge in [-0.15, -0.1) is 0 Å². The summed E-state index contributed by atoms with van der Waals surface area (Å²) in [6.07, 6.45) is 13.9. The van der Waals surface area contributed by atoms with Crippen LogP contribution < -0.4 is 10.1 Å². The lowest BCUT2D eigenvalue weighted by Crippen LogP contribution is -2.59. The monoisotopic (exact) mass is 497 g/mol. The van der Waals surface area contributed by atoms with Crippen LogP contribution in [-0.2, 0) is 19.2 Å². The lowest BCUT2D eigenvalue weighted by molar-refractivity contribution is -0.390. The molecule has 0 radical (unpaired) electrons. The van der Waals surface area contributed by atoms with Crippen molar-refractivity contribution in [1.82, 2.24) is 5.32 Å². The zero-order valence-corrected chi connectivity index (χ0v) is 21.6. The number of nitrogens with one attached hydrogen (secondary N) is 1. The molecule has 8 rings (SSSR count). The predicted octanol–water partition coefficient (Wildman–Crippen LogP) is 5.71. The van der Waals surface area contributed by atoms with E-state index in [4.69, 9.17) is 24.0 Å². The van der Waals surface area contributed by atoms with Gasteiger partial charge in [-0.1, -0.05) is 12.1 Å². The fourth-order valence-corrected chi connectivity index (χ4v) is 8.57. The van der Waals surface area contributed by atoms with Crippen molar-refractivity contribution in [2.24, 2.45) is 23.7 Å². The van der Waals surface area contributed by atoms with Gasteiger partial charge < -0.3 is 19.5 Å². The summed E-state index contributed by atoms with van der Waals surface area (Å²) in [4.78, 5) is 12.5. The van der Waals surface area contributed by atoms with Gasteiger partial charge in [0.15, 0.2) is 0 Å². The van der Waals surface area contributed by atoms with Crippen molar-refractivity contribution in [2.75, 3.05) is 26.4 Å². The van der Waals surface area contributed by atoms with Crippen LogP contribution in [0.2, 0.25) is 0 Å². The van der Waals surface area contributed by atoms with Gasteiger partial charge in [0, 0.05) is 43.9 Å². The second-order valence-corrected chi connectivity index (χ2v) is 12.6. The molecule has 2 spiro atoms. The summed E-state index contributed by atoms with van der Waals surface area (Å²) in [7, 11) is 0. The van der Waals surface area contributed by atoms with Crippen molar-refractivity contribution < 1.29 is 24.0 Å². The summed E-state index contributed by atoms with van der Waals surface area (Å²) in [6.45, 7) is 3.51. The third kappa shape index (κ3) is 4.51. The zero-order valence-electron chi connectivity index (χ0n) is 21.6. The van der Waals surface area contributed by atoms with E-state index < -0.39 is 11.6 Å². The van der Waals surface area contributed by atoms with Crippen LogP contribution in [0.25, 0.3) is 0 Å². The van der Waals surface area contributed by atoms with Crippen molar-refractivity contribution >= 4 is 0 Å². The van der Waals surface area contributed by atoms with Crippen LogP contribution in [0.1, 0.15) is 88.5 Å². The molecular weight excluding hydrogens is 454 g/mol. The van der Waals surface area contributed by atoms with Crippen LogP contribution >= 0.6 is 0 Å². The summed E-state index contributed by atoms with van der Waals surface area (Å²) in [6, 6.07) is 9.36. The molecule has 5 aliphatic carbocycles. The Hall–Kier alpha value is -1.18. The highest BCUT2D eigenvalue weighted by Crippen LogP contribution is 2.64. The van der Waals surface area contributed by atoms with Crippen molar-refractivity contribution in [1.29, 1.82) is 0 Å². The number of hydrogen-bond donors (Lipinski definition) is 1. The van der Waals surface area contributed by atoms with E-state index in [0.717, 1.165) is 82.5 Å². The molecule has 2 heterocycles. The molecule has 0 amide bonds. The molecule has 0 aromatic heterocycles. The first-order chi connectivity index (χ1) is 17.7. The summed E-state index contributed by atoms with van der Waals surface area (Å²) in [5.41, 5.74) is 1.36. The van der Waals surface area contributed by atoms with Gasteiger partial charge in [0.25, 0.3) is 0 Å². The molecule has 7 aliphatic rings. The average molecular weight is 498 g/mol. The standard InChI is InChI=1S/C30H43NO5/c1-3-24(23-4-6-28(7-5-23)33-12-2-11-31-27-8-13-32-14-9-27)20-29(10-1)34-30(36-35-29)25-16-21-15-22(18-25)19-26(30)17-21/h4-7,21-22,24-27,31H,1-3,8-20H2/t21?,22?,24-,25?,26?,29-,30?/m1/s1. The second kappa shape index (κ2) is 9.85. The molecule has 7 fully saturated rings. The van der Waals surface area contributed by atoms with Gasteiger partial charge in [-0.05, 0) is 106 Å². The molecule has 6 nitrogen and oxygen atoms in total. The molecule has 198 valence electrons. The van der Waals surface area contributed by atoms with Crippen molar-refractivity contribution in [3.63, 3.8) is 0 Å². The van der Waals surface area contributed by atoms with E-state index in [9.17, 15) is 0 Å². The maximum atomic E-state index is 6.97. The van der Waals surface area contributed by atoms with E-state index >= 15 is 0 Å². The smallest absolute Gasteiger partial charge is 0.210 e. The highest BCUT2D eigenvalue weighted by Gasteiger charge is 2.67. The van der Waals surface area contributed by atoms with Gasteiger partial charge in [0.1, 0.15) is 5.75 Å². The molecule has 36 heavy (non-hydrogen) atoms. The van der Waals surface area contributed by atoms with E-state index in [-0.39, 0.29) is 0 Å². The minimum Gasteiger partial charge on any atom is -0.494 e. The quantitative estimate of drug-likeness (QED) is 0.385. The van der Waals surface area contributed by atoms with Crippen molar-refractivity contribution in [3.8, 4) is 5.75 Å². The highest BCUT2D eigenvalue weighted by molar-refractivity contribution is 5.30. The Morgan fingerprint density at radius 2 is 1.64 bits per heavy atom. The van der Waals surface area contributed by atoms with Gasteiger partial charge >= 0.3 is 0 Å². The summed E-state index contributed by atoms with van der Waals surface area (Å²) in [5, 5.41) is 3.63. The molecule has 4 bridgehead atoms. The lowest BCUT2D eigenvalue weighted by atomic mass is 9.53. The normalized spacial score (nSPS) is 41.9. The SMILES string of the molecule is c1cc([C@@H]2CCC[C@]3(C2)OOC2(O3)C3CC4CC(C3)CC2C4)ccc1OCCCNC1CCOCC1. The Kier molecular flexibility index (Phi) is 6.54. The van der Waals surface area contributed by atoms with E-state index in [2.05, 4.69) is 29.6 Å². The molecule has 0 unspecified atom stereocenters. The van der Waals surface area contributed by atoms with Crippen LogP contribution in [0.4, 0.5) is 0 Å². The van der Waals surface area contributed by atoms with Gasteiger partial charge in [-0.25, -0.2) is 0 Å². The number of hydrogen-bond acceptors (Lipinski definition) is 6. The van der Waals surface area contributed by atoms with Crippen LogP contribution in [0.3, 0.4) is 0 Å². The van der Waals surface area contributed by atoms with Gasteiger partial charge in [0.05, 0.1) is 6.61 Å². The summed E-state index contributed by atoms with van der Waals surface area (Å²) in [5.74, 6) is 3.20. The van der Waals surface area contributed by atoms with Gasteiger partial charge in [-0.2, -0.15) is 9.78 Å². The van der Waals surface area contributed by atoms with Crippen LogP contribution in [0.5, 0.6) is 5.75 Å². The Labute approximate surface area is 215 Å². The average Bonchev–Trinajstić information content (AvgIpc) is 3.27. The topological polar surface area (TPSA) is 58.2 Å². The third-order valence-electron chi connectivity index (χ3n) is 10.2. The highest BCUT2D eigenvalue weighted by atomic mass is 17.3. The molecule has 2 atom stereocenters. The first-order valence-corrected chi connectivity index (χ1v) is 14.8. The maximum Gasteiger partial charge on any atom is 0.210 e. The molecular formula is C30H43NO5. The molecule has 1 aromatic rings. The molecule has 1 N–H and O–H groups in total. The van der Waals surface area contributed by atoms with Crippen LogP contribution in [-0.4, -0.2) is 44.0 Å². The Morgan fingerprint density at radius 1 is 0.889 bits per heavy atom. The van der Waals surface area contributed by atoms with E-state index in [0.29, 0.717) is 23.8 Å². The molecule has 2 saturated heterocycles. The van der Waals surface area contributed by atoms with E-state index in [1.165, 1.54) is 44.1 Å². The van der Waals surface area contributed by atoms with E-state index in [1.807, 2.05) is 0 Å². The molecule has 1 aromatic carbocycles. The first kappa shape index (κ1) is 23.9. The predicted molar refractivity (Wildman–Crippen MR) is 135 cm³/mol. The summed E-state index contributed by atoms with van der Waals surface area (Å²) >= 11 is 0. The number of rotatable bonds is 7. The maximum absolute atomic E-state index is 6.97. The van der Waals surface area contributed by atoms with Crippen molar-refractivity contribution in [2.45, 2.75) is 101 Å². The minimum atomic E-state index is -0.565. The molecule has 2 aliphatic heterocycles.